The molecule has 6 nitrogen and oxygen atoms in total. The summed E-state index contributed by atoms with van der Waals surface area (Å²) >= 11 is 0. The number of likely N-dealkylation sites (tertiary alicyclic amines) is 1. The molecule has 3 atom stereocenters. The van der Waals surface area contributed by atoms with Crippen LogP contribution < -0.4 is 9.47 Å². The number of hydrogen-bond acceptors (Lipinski definition) is 5. The van der Waals surface area contributed by atoms with E-state index in [0.717, 1.165) is 39.0 Å². The summed E-state index contributed by atoms with van der Waals surface area (Å²) in [5, 5.41) is 0. The van der Waals surface area contributed by atoms with E-state index in [1.807, 2.05) is 11.0 Å². The summed E-state index contributed by atoms with van der Waals surface area (Å²) in [6.07, 6.45) is 2.60. The number of amides is 1. The van der Waals surface area contributed by atoms with Crippen LogP contribution in [0.3, 0.4) is 0 Å². The standard InChI is InChI=1S/C20H30N2O4/c1-14-11-21(12-15(2)26-14)13-17-6-5-9-22(17)20(23)16-7-8-18(24-3)19(10-16)25-4/h7-8,10,14-15,17H,5-6,9,11-13H2,1-4H3. The Hall–Kier alpha value is -1.79. The van der Waals surface area contributed by atoms with Gasteiger partial charge in [-0.3, -0.25) is 9.69 Å². The molecule has 6 heteroatoms. The van der Waals surface area contributed by atoms with E-state index in [0.29, 0.717) is 17.1 Å². The SMILES string of the molecule is COc1ccc(C(=O)N2CCCC2CN2CC(C)OC(C)C2)cc1OC. The second-order valence-corrected chi connectivity index (χ2v) is 7.34. The Kier molecular flexibility index (Phi) is 6.04. The highest BCUT2D eigenvalue weighted by Gasteiger charge is 2.33. The molecule has 2 aliphatic heterocycles. The van der Waals surface area contributed by atoms with Crippen molar-refractivity contribution in [1.82, 2.24) is 9.80 Å². The van der Waals surface area contributed by atoms with Gasteiger partial charge in [-0.1, -0.05) is 0 Å². The summed E-state index contributed by atoms with van der Waals surface area (Å²) in [4.78, 5) is 17.5. The molecule has 2 saturated heterocycles. The minimum Gasteiger partial charge on any atom is -0.493 e. The first-order valence-electron chi connectivity index (χ1n) is 9.42. The summed E-state index contributed by atoms with van der Waals surface area (Å²) in [6, 6.07) is 5.64. The molecular formula is C20H30N2O4. The van der Waals surface area contributed by atoms with Crippen LogP contribution in [0, 0.1) is 0 Å². The quantitative estimate of drug-likeness (QED) is 0.805. The zero-order valence-corrected chi connectivity index (χ0v) is 16.2. The van der Waals surface area contributed by atoms with Crippen molar-refractivity contribution in [2.45, 2.75) is 44.9 Å². The molecule has 1 aromatic carbocycles. The van der Waals surface area contributed by atoms with Crippen molar-refractivity contribution in [2.24, 2.45) is 0 Å². The number of nitrogens with zero attached hydrogens (tertiary/aromatic N) is 2. The Bertz CT molecular complexity index is 626. The van der Waals surface area contributed by atoms with Crippen LogP contribution >= 0.6 is 0 Å². The van der Waals surface area contributed by atoms with Crippen LogP contribution in [-0.4, -0.2) is 74.4 Å². The first-order chi connectivity index (χ1) is 12.5. The molecule has 3 rings (SSSR count). The van der Waals surface area contributed by atoms with Crippen molar-refractivity contribution in [2.75, 3.05) is 40.4 Å². The molecule has 0 aliphatic carbocycles. The summed E-state index contributed by atoms with van der Waals surface area (Å²) in [5.41, 5.74) is 0.651. The second kappa shape index (κ2) is 8.27. The maximum atomic E-state index is 13.1. The Morgan fingerprint density at radius 1 is 1.15 bits per heavy atom. The number of carbonyl (C=O) groups is 1. The minimum atomic E-state index is 0.0720. The predicted octanol–water partition coefficient (Wildman–Crippen LogP) is 2.42. The summed E-state index contributed by atoms with van der Waals surface area (Å²) in [6.45, 7) is 7.82. The third-order valence-corrected chi connectivity index (χ3v) is 5.23. The van der Waals surface area contributed by atoms with Gasteiger partial charge < -0.3 is 19.1 Å². The van der Waals surface area contributed by atoms with Gasteiger partial charge in [-0.15, -0.1) is 0 Å². The molecule has 2 heterocycles. The lowest BCUT2D eigenvalue weighted by Gasteiger charge is -2.38. The van der Waals surface area contributed by atoms with Crippen molar-refractivity contribution >= 4 is 5.91 Å². The monoisotopic (exact) mass is 362 g/mol. The van der Waals surface area contributed by atoms with Gasteiger partial charge in [0.1, 0.15) is 0 Å². The van der Waals surface area contributed by atoms with E-state index in [2.05, 4.69) is 18.7 Å². The van der Waals surface area contributed by atoms with Crippen LogP contribution in [0.5, 0.6) is 11.5 Å². The average molecular weight is 362 g/mol. The highest BCUT2D eigenvalue weighted by Crippen LogP contribution is 2.29. The molecule has 0 radical (unpaired) electrons. The minimum absolute atomic E-state index is 0.0720. The van der Waals surface area contributed by atoms with Crippen LogP contribution in [0.25, 0.3) is 0 Å². The largest absolute Gasteiger partial charge is 0.493 e. The number of ether oxygens (including phenoxy) is 3. The smallest absolute Gasteiger partial charge is 0.254 e. The zero-order valence-electron chi connectivity index (χ0n) is 16.2. The third kappa shape index (κ3) is 4.13. The number of rotatable bonds is 5. The Balaban J connectivity index is 1.70. The van der Waals surface area contributed by atoms with Crippen molar-refractivity contribution in [3.8, 4) is 11.5 Å². The lowest BCUT2D eigenvalue weighted by Crippen LogP contribution is -2.50. The van der Waals surface area contributed by atoms with Crippen molar-refractivity contribution in [3.63, 3.8) is 0 Å². The van der Waals surface area contributed by atoms with E-state index in [9.17, 15) is 4.79 Å². The van der Waals surface area contributed by atoms with Crippen LogP contribution in [-0.2, 0) is 4.74 Å². The van der Waals surface area contributed by atoms with Crippen LogP contribution in [0.1, 0.15) is 37.0 Å². The molecule has 2 fully saturated rings. The van der Waals surface area contributed by atoms with Gasteiger partial charge in [0.15, 0.2) is 11.5 Å². The van der Waals surface area contributed by atoms with Gasteiger partial charge in [-0.05, 0) is 44.9 Å². The molecule has 144 valence electrons. The van der Waals surface area contributed by atoms with Gasteiger partial charge >= 0.3 is 0 Å². The van der Waals surface area contributed by atoms with Gasteiger partial charge in [0.25, 0.3) is 5.91 Å². The van der Waals surface area contributed by atoms with Gasteiger partial charge in [-0.25, -0.2) is 0 Å². The Morgan fingerprint density at radius 2 is 1.85 bits per heavy atom. The number of morpholine rings is 1. The van der Waals surface area contributed by atoms with Crippen molar-refractivity contribution in [1.29, 1.82) is 0 Å². The van der Waals surface area contributed by atoms with E-state index in [1.165, 1.54) is 0 Å². The molecule has 1 amide bonds. The highest BCUT2D eigenvalue weighted by atomic mass is 16.5. The molecule has 0 spiro atoms. The lowest BCUT2D eigenvalue weighted by atomic mass is 10.1. The summed E-state index contributed by atoms with van der Waals surface area (Å²) < 4.78 is 16.4. The van der Waals surface area contributed by atoms with E-state index >= 15 is 0 Å². The Morgan fingerprint density at radius 3 is 2.50 bits per heavy atom. The van der Waals surface area contributed by atoms with Gasteiger partial charge in [0.2, 0.25) is 0 Å². The van der Waals surface area contributed by atoms with E-state index < -0.39 is 0 Å². The number of methoxy groups -OCH3 is 2. The van der Waals surface area contributed by atoms with Crippen molar-refractivity contribution < 1.29 is 19.0 Å². The summed E-state index contributed by atoms with van der Waals surface area (Å²) in [5.74, 6) is 1.30. The predicted molar refractivity (Wildman–Crippen MR) is 100 cm³/mol. The van der Waals surface area contributed by atoms with Crippen LogP contribution in [0.2, 0.25) is 0 Å². The molecule has 26 heavy (non-hydrogen) atoms. The van der Waals surface area contributed by atoms with Gasteiger partial charge in [0, 0.05) is 37.8 Å². The number of carbonyl (C=O) groups excluding carboxylic acids is 1. The van der Waals surface area contributed by atoms with E-state index in [4.69, 9.17) is 14.2 Å². The third-order valence-electron chi connectivity index (χ3n) is 5.23. The van der Waals surface area contributed by atoms with E-state index in [-0.39, 0.29) is 24.2 Å². The average Bonchev–Trinajstić information content (AvgIpc) is 3.07. The lowest BCUT2D eigenvalue weighted by molar-refractivity contribution is -0.0715. The Labute approximate surface area is 156 Å². The zero-order chi connectivity index (χ0) is 18.7. The maximum Gasteiger partial charge on any atom is 0.254 e. The first kappa shape index (κ1) is 19.0. The normalized spacial score (nSPS) is 26.8. The molecular weight excluding hydrogens is 332 g/mol. The first-order valence-corrected chi connectivity index (χ1v) is 9.42. The highest BCUT2D eigenvalue weighted by molar-refractivity contribution is 5.95. The molecule has 0 aromatic heterocycles. The molecule has 2 aliphatic rings. The fourth-order valence-corrected chi connectivity index (χ4v) is 4.16. The molecule has 0 bridgehead atoms. The van der Waals surface area contributed by atoms with Gasteiger partial charge in [0.05, 0.1) is 26.4 Å². The molecule has 0 saturated carbocycles. The van der Waals surface area contributed by atoms with E-state index in [1.54, 1.807) is 26.4 Å². The molecule has 0 N–H and O–H groups in total. The van der Waals surface area contributed by atoms with Crippen molar-refractivity contribution in [3.05, 3.63) is 23.8 Å². The fourth-order valence-electron chi connectivity index (χ4n) is 4.16. The second-order valence-electron chi connectivity index (χ2n) is 7.34. The van der Waals surface area contributed by atoms with Crippen LogP contribution in [0.15, 0.2) is 18.2 Å². The fraction of sp³-hybridized carbons (Fsp3) is 0.650. The number of hydrogen-bond donors (Lipinski definition) is 0. The molecule has 3 unspecified atom stereocenters. The summed E-state index contributed by atoms with van der Waals surface area (Å²) in [7, 11) is 3.19. The van der Waals surface area contributed by atoms with Gasteiger partial charge in [-0.2, -0.15) is 0 Å². The van der Waals surface area contributed by atoms with Crippen LogP contribution in [0.4, 0.5) is 0 Å². The maximum absolute atomic E-state index is 13.1. The topological polar surface area (TPSA) is 51.2 Å². The number of benzene rings is 1. The molecule has 1 aromatic rings.